The molecule has 0 bridgehead atoms. The minimum absolute atomic E-state index is 0.129. The maximum Gasteiger partial charge on any atom is 0.391 e. The number of ether oxygens (including phenoxy) is 1. The third-order valence-electron chi connectivity index (χ3n) is 6.34. The molecule has 0 saturated heterocycles. The minimum Gasteiger partial charge on any atom is -0.496 e. The van der Waals surface area contributed by atoms with E-state index in [1.807, 2.05) is 0 Å². The van der Waals surface area contributed by atoms with Crippen LogP contribution in [-0.4, -0.2) is 32.0 Å². The first-order valence-corrected chi connectivity index (χ1v) is 10.9. The lowest BCUT2D eigenvalue weighted by Gasteiger charge is -2.41. The topological polar surface area (TPSA) is 50.7 Å². The van der Waals surface area contributed by atoms with Gasteiger partial charge in [-0.3, -0.25) is 9.79 Å². The van der Waals surface area contributed by atoms with E-state index in [0.717, 1.165) is 0 Å². The molecule has 0 aromatic heterocycles. The zero-order valence-electron chi connectivity index (χ0n) is 18.9. The number of methoxy groups -OCH3 is 1. The average Bonchev–Trinajstić information content (AvgIpc) is 2.76. The number of amides is 1. The van der Waals surface area contributed by atoms with Crippen LogP contribution in [0, 0.1) is 11.7 Å². The van der Waals surface area contributed by atoms with Crippen molar-refractivity contribution in [3.63, 3.8) is 0 Å². The summed E-state index contributed by atoms with van der Waals surface area (Å²) in [6.45, 7) is 3.29. The van der Waals surface area contributed by atoms with E-state index in [0.29, 0.717) is 22.6 Å². The molecule has 2 aromatic rings. The zero-order valence-corrected chi connectivity index (χ0v) is 18.9. The van der Waals surface area contributed by atoms with Crippen molar-refractivity contribution in [2.75, 3.05) is 13.7 Å². The molecule has 2 aromatic carbocycles. The van der Waals surface area contributed by atoms with Crippen molar-refractivity contribution in [2.45, 2.75) is 50.6 Å². The first-order valence-electron chi connectivity index (χ1n) is 10.9. The summed E-state index contributed by atoms with van der Waals surface area (Å²) in [5.74, 6) is -2.60. The summed E-state index contributed by atoms with van der Waals surface area (Å²) in [5.41, 5.74) is 0.718. The van der Waals surface area contributed by atoms with Crippen LogP contribution in [0.4, 0.5) is 23.2 Å². The molecule has 33 heavy (non-hydrogen) atoms. The minimum atomic E-state index is -4.42. The molecule has 3 unspecified atom stereocenters. The number of hydrogen-bond donors (Lipinski definition) is 1. The van der Waals surface area contributed by atoms with Gasteiger partial charge >= 0.3 is 6.18 Å². The fourth-order valence-corrected chi connectivity index (χ4v) is 4.56. The summed E-state index contributed by atoms with van der Waals surface area (Å²) in [5, 5.41) is 2.55. The number of benzene rings is 2. The number of alkyl halides is 3. The van der Waals surface area contributed by atoms with Crippen LogP contribution in [0.3, 0.4) is 0 Å². The number of carbonyl (C=O) groups is 1. The zero-order chi connectivity index (χ0) is 24.2. The van der Waals surface area contributed by atoms with E-state index in [1.165, 1.54) is 32.2 Å². The molecule has 0 spiro atoms. The average molecular weight is 465 g/mol. The molecule has 1 aliphatic heterocycles. The molecular weight excluding hydrogens is 436 g/mol. The highest BCUT2D eigenvalue weighted by Gasteiger charge is 2.47. The summed E-state index contributed by atoms with van der Waals surface area (Å²) in [7, 11) is 1.45. The van der Waals surface area contributed by atoms with Gasteiger partial charge in [0.25, 0.3) is 0 Å². The number of carbonyl (C=O) groups excluding carboxylic acids is 1. The Morgan fingerprint density at radius 1 is 1.24 bits per heavy atom. The number of fused-ring (bicyclic) bond motifs is 1. The van der Waals surface area contributed by atoms with Crippen molar-refractivity contribution in [2.24, 2.45) is 10.9 Å². The Bertz CT molecular complexity index is 1020. The van der Waals surface area contributed by atoms with E-state index in [1.54, 1.807) is 37.4 Å². The molecule has 0 radical (unpaired) electrons. The summed E-state index contributed by atoms with van der Waals surface area (Å²) in [6.07, 6.45) is -2.94. The second kappa shape index (κ2) is 9.93. The van der Waals surface area contributed by atoms with Gasteiger partial charge in [0.1, 0.15) is 11.6 Å². The molecule has 0 fully saturated rings. The molecule has 8 heteroatoms. The summed E-state index contributed by atoms with van der Waals surface area (Å²) in [6, 6.07) is 11.2. The van der Waals surface area contributed by atoms with E-state index in [4.69, 9.17) is 4.74 Å². The normalized spacial score (nSPS) is 20.8. The summed E-state index contributed by atoms with van der Waals surface area (Å²) in [4.78, 5) is 15.6. The highest BCUT2D eigenvalue weighted by Crippen LogP contribution is 2.52. The quantitative estimate of drug-likeness (QED) is 0.380. The van der Waals surface area contributed by atoms with Crippen LogP contribution in [0.15, 0.2) is 47.5 Å². The van der Waals surface area contributed by atoms with Crippen LogP contribution in [-0.2, 0) is 10.2 Å². The van der Waals surface area contributed by atoms with Gasteiger partial charge in [-0.25, -0.2) is 4.39 Å². The van der Waals surface area contributed by atoms with Gasteiger partial charge in [0.2, 0.25) is 5.91 Å². The lowest BCUT2D eigenvalue weighted by molar-refractivity contribution is -0.180. The van der Waals surface area contributed by atoms with Crippen LogP contribution in [0.5, 0.6) is 5.75 Å². The maximum atomic E-state index is 14.2. The van der Waals surface area contributed by atoms with Gasteiger partial charge in [-0.05, 0) is 56.0 Å². The van der Waals surface area contributed by atoms with Gasteiger partial charge in [0.05, 0.1) is 18.7 Å². The van der Waals surface area contributed by atoms with Gasteiger partial charge in [-0.1, -0.05) is 18.2 Å². The predicted octanol–water partition coefficient (Wildman–Crippen LogP) is 6.08. The third kappa shape index (κ3) is 5.54. The van der Waals surface area contributed by atoms with Crippen LogP contribution in [0.1, 0.15) is 50.2 Å². The standard InChI is InChI=1S/C25H28F4N2O2/c1-16(32)30-12-6-7-17(25(27,28)29)13-20-19-8-4-5-9-22(19)31-15-24(20,2)21-14-18(26)10-11-23(21)33-3/h4-5,8-11,14-15,17,20H,6-7,12-13H2,1-3H3,(H,30,32). The first-order chi connectivity index (χ1) is 15.6. The highest BCUT2D eigenvalue weighted by atomic mass is 19.4. The van der Waals surface area contributed by atoms with Gasteiger partial charge in [-0.2, -0.15) is 13.2 Å². The molecule has 1 heterocycles. The van der Waals surface area contributed by atoms with E-state index >= 15 is 0 Å². The van der Waals surface area contributed by atoms with E-state index in [-0.39, 0.29) is 31.7 Å². The van der Waals surface area contributed by atoms with Crippen LogP contribution in [0.2, 0.25) is 0 Å². The van der Waals surface area contributed by atoms with Crippen molar-refractivity contribution >= 4 is 17.8 Å². The Hall–Kier alpha value is -2.90. The van der Waals surface area contributed by atoms with Crippen molar-refractivity contribution in [3.05, 3.63) is 59.4 Å². The van der Waals surface area contributed by atoms with Crippen LogP contribution < -0.4 is 10.1 Å². The molecule has 0 saturated carbocycles. The van der Waals surface area contributed by atoms with E-state index in [9.17, 15) is 22.4 Å². The first kappa shape index (κ1) is 24.7. The monoisotopic (exact) mass is 464 g/mol. The number of rotatable bonds is 8. The Morgan fingerprint density at radius 3 is 2.64 bits per heavy atom. The lowest BCUT2D eigenvalue weighted by Crippen LogP contribution is -2.38. The molecule has 3 atom stereocenters. The highest BCUT2D eigenvalue weighted by molar-refractivity contribution is 5.83. The SMILES string of the molecule is COc1ccc(F)cc1C1(C)C=Nc2ccccc2C1CC(CCCNC(C)=O)C(F)(F)F. The largest absolute Gasteiger partial charge is 0.496 e. The summed E-state index contributed by atoms with van der Waals surface area (Å²) < 4.78 is 62.0. The van der Waals surface area contributed by atoms with Crippen LogP contribution >= 0.6 is 0 Å². The molecule has 178 valence electrons. The summed E-state index contributed by atoms with van der Waals surface area (Å²) >= 11 is 0. The second-order valence-electron chi connectivity index (χ2n) is 8.60. The number of aliphatic imine (C=N–C) groups is 1. The fraction of sp³-hybridized carbons (Fsp3) is 0.440. The van der Waals surface area contributed by atoms with Crippen molar-refractivity contribution in [1.29, 1.82) is 0 Å². The van der Waals surface area contributed by atoms with Gasteiger partial charge in [-0.15, -0.1) is 0 Å². The second-order valence-corrected chi connectivity index (χ2v) is 8.60. The van der Waals surface area contributed by atoms with Gasteiger partial charge < -0.3 is 10.1 Å². The lowest BCUT2D eigenvalue weighted by atomic mass is 9.64. The van der Waals surface area contributed by atoms with Crippen molar-refractivity contribution < 1.29 is 27.1 Å². The van der Waals surface area contributed by atoms with Gasteiger partial charge in [0.15, 0.2) is 0 Å². The third-order valence-corrected chi connectivity index (χ3v) is 6.34. The predicted molar refractivity (Wildman–Crippen MR) is 120 cm³/mol. The molecular formula is C25H28F4N2O2. The Morgan fingerprint density at radius 2 is 1.97 bits per heavy atom. The molecule has 1 N–H and O–H groups in total. The molecule has 1 amide bonds. The molecule has 3 rings (SSSR count). The van der Waals surface area contributed by atoms with Crippen LogP contribution in [0.25, 0.3) is 0 Å². The number of para-hydroxylation sites is 1. The van der Waals surface area contributed by atoms with Gasteiger partial charge in [0, 0.05) is 36.6 Å². The number of nitrogens with zero attached hydrogens (tertiary/aromatic N) is 1. The Kier molecular flexibility index (Phi) is 7.44. The Balaban J connectivity index is 2.03. The maximum absolute atomic E-state index is 14.2. The number of hydrogen-bond acceptors (Lipinski definition) is 3. The smallest absolute Gasteiger partial charge is 0.391 e. The Labute approximate surface area is 191 Å². The number of halogens is 4. The molecule has 0 aliphatic carbocycles. The van der Waals surface area contributed by atoms with Crippen molar-refractivity contribution in [1.82, 2.24) is 5.32 Å². The molecule has 4 nitrogen and oxygen atoms in total. The van der Waals surface area contributed by atoms with E-state index < -0.39 is 29.2 Å². The molecule has 1 aliphatic rings. The van der Waals surface area contributed by atoms with E-state index in [2.05, 4.69) is 10.3 Å². The number of nitrogens with one attached hydrogen (secondary N) is 1. The van der Waals surface area contributed by atoms with Crippen molar-refractivity contribution in [3.8, 4) is 5.75 Å². The fourth-order valence-electron chi connectivity index (χ4n) is 4.56.